The van der Waals surface area contributed by atoms with Crippen molar-refractivity contribution in [3.8, 4) is 11.5 Å². The largest absolute Gasteiger partial charge is 0.489 e. The first-order valence-electron chi connectivity index (χ1n) is 9.66. The van der Waals surface area contributed by atoms with E-state index in [1.165, 1.54) is 0 Å². The van der Waals surface area contributed by atoms with Crippen LogP contribution in [-0.2, 0) is 24.4 Å². The van der Waals surface area contributed by atoms with E-state index in [-0.39, 0.29) is 6.42 Å². The number of para-hydroxylation sites is 1. The zero-order chi connectivity index (χ0) is 20.8. The number of nitrogens with zero attached hydrogens (tertiary/aromatic N) is 1. The van der Waals surface area contributed by atoms with Crippen LogP contribution in [0.15, 0.2) is 84.9 Å². The molecule has 150 valence electrons. The molecule has 0 aliphatic rings. The van der Waals surface area contributed by atoms with Crippen molar-refractivity contribution in [2.45, 2.75) is 19.6 Å². The van der Waals surface area contributed by atoms with Gasteiger partial charge in [0.2, 0.25) is 0 Å². The minimum atomic E-state index is -0.848. The molecular weight excluding hydrogens is 378 g/mol. The van der Waals surface area contributed by atoms with Crippen LogP contribution in [-0.4, -0.2) is 16.1 Å². The molecular formula is C25H21NO4. The molecule has 0 spiro atoms. The quantitative estimate of drug-likeness (QED) is 0.451. The maximum absolute atomic E-state index is 10.9. The Morgan fingerprint density at radius 3 is 2.33 bits per heavy atom. The van der Waals surface area contributed by atoms with Gasteiger partial charge in [-0.25, -0.2) is 4.98 Å². The molecule has 0 bridgehead atoms. The van der Waals surface area contributed by atoms with Crippen LogP contribution in [0.4, 0.5) is 0 Å². The van der Waals surface area contributed by atoms with E-state index < -0.39 is 5.97 Å². The summed E-state index contributed by atoms with van der Waals surface area (Å²) in [5, 5.41) is 10.0. The molecule has 0 fully saturated rings. The molecule has 1 heterocycles. The molecule has 0 aliphatic carbocycles. The molecule has 4 aromatic rings. The molecule has 0 unspecified atom stereocenters. The van der Waals surface area contributed by atoms with Gasteiger partial charge in [-0.05, 0) is 35.4 Å². The second-order valence-corrected chi connectivity index (χ2v) is 6.94. The zero-order valence-corrected chi connectivity index (χ0v) is 16.3. The van der Waals surface area contributed by atoms with Gasteiger partial charge in [-0.3, -0.25) is 4.79 Å². The summed E-state index contributed by atoms with van der Waals surface area (Å²) < 4.78 is 11.7. The number of hydrogen-bond donors (Lipinski definition) is 1. The first-order valence-corrected chi connectivity index (χ1v) is 9.66. The molecule has 0 aliphatic heterocycles. The Balaban J connectivity index is 1.37. The molecule has 0 atom stereocenters. The number of carbonyl (C=O) groups is 1. The molecule has 3 aromatic carbocycles. The molecule has 1 N–H and O–H groups in total. The summed E-state index contributed by atoms with van der Waals surface area (Å²) in [7, 11) is 0. The van der Waals surface area contributed by atoms with Crippen LogP contribution in [0.3, 0.4) is 0 Å². The third-order valence-electron chi connectivity index (χ3n) is 4.60. The Kier molecular flexibility index (Phi) is 5.90. The Hall–Kier alpha value is -3.86. The third kappa shape index (κ3) is 5.14. The Morgan fingerprint density at radius 1 is 0.767 bits per heavy atom. The number of aromatic nitrogens is 1. The van der Waals surface area contributed by atoms with Crippen molar-refractivity contribution in [1.82, 2.24) is 4.98 Å². The summed E-state index contributed by atoms with van der Waals surface area (Å²) in [6.07, 6.45) is -0.0000270. The highest BCUT2D eigenvalue weighted by Gasteiger charge is 2.04. The summed E-state index contributed by atoms with van der Waals surface area (Å²) >= 11 is 0. The lowest BCUT2D eigenvalue weighted by atomic mass is 10.1. The van der Waals surface area contributed by atoms with Crippen molar-refractivity contribution in [3.63, 3.8) is 0 Å². The van der Waals surface area contributed by atoms with Gasteiger partial charge in [0.05, 0.1) is 17.6 Å². The highest BCUT2D eigenvalue weighted by atomic mass is 16.5. The van der Waals surface area contributed by atoms with E-state index in [2.05, 4.69) is 4.98 Å². The number of aliphatic carboxylic acids is 1. The van der Waals surface area contributed by atoms with Crippen LogP contribution in [0.1, 0.15) is 16.8 Å². The summed E-state index contributed by atoms with van der Waals surface area (Å²) in [5.74, 6) is 0.531. The third-order valence-corrected chi connectivity index (χ3v) is 4.60. The number of pyridine rings is 1. The number of benzene rings is 3. The number of fused-ring (bicyclic) bond motifs is 1. The van der Waals surface area contributed by atoms with Crippen LogP contribution in [0, 0.1) is 0 Å². The normalized spacial score (nSPS) is 10.7. The van der Waals surface area contributed by atoms with E-state index >= 15 is 0 Å². The molecule has 5 heteroatoms. The van der Waals surface area contributed by atoms with Gasteiger partial charge < -0.3 is 14.6 Å². The lowest BCUT2D eigenvalue weighted by Crippen LogP contribution is -2.02. The van der Waals surface area contributed by atoms with Gasteiger partial charge in [-0.15, -0.1) is 0 Å². The van der Waals surface area contributed by atoms with E-state index in [1.807, 2.05) is 78.9 Å². The lowest BCUT2D eigenvalue weighted by molar-refractivity contribution is -0.136. The van der Waals surface area contributed by atoms with Crippen molar-refractivity contribution >= 4 is 16.9 Å². The van der Waals surface area contributed by atoms with Crippen LogP contribution in [0.5, 0.6) is 11.5 Å². The number of ether oxygens (including phenoxy) is 2. The smallest absolute Gasteiger partial charge is 0.307 e. The van der Waals surface area contributed by atoms with Crippen LogP contribution < -0.4 is 9.47 Å². The van der Waals surface area contributed by atoms with Gasteiger partial charge in [-0.1, -0.05) is 54.6 Å². The maximum Gasteiger partial charge on any atom is 0.307 e. The lowest BCUT2D eigenvalue weighted by Gasteiger charge is -2.10. The predicted octanol–water partition coefficient (Wildman–Crippen LogP) is 5.02. The van der Waals surface area contributed by atoms with Gasteiger partial charge in [0.25, 0.3) is 0 Å². The van der Waals surface area contributed by atoms with Crippen LogP contribution in [0.2, 0.25) is 0 Å². The van der Waals surface area contributed by atoms with Gasteiger partial charge in [-0.2, -0.15) is 0 Å². The topological polar surface area (TPSA) is 68.7 Å². The summed E-state index contributed by atoms with van der Waals surface area (Å²) in [5.41, 5.74) is 3.47. The number of hydrogen-bond acceptors (Lipinski definition) is 4. The fourth-order valence-electron chi connectivity index (χ4n) is 3.17. The molecule has 0 amide bonds. The minimum absolute atomic E-state index is 0.0000270. The molecule has 4 rings (SSSR count). The zero-order valence-electron chi connectivity index (χ0n) is 16.3. The average Bonchev–Trinajstić information content (AvgIpc) is 2.76. The van der Waals surface area contributed by atoms with E-state index in [4.69, 9.17) is 14.6 Å². The van der Waals surface area contributed by atoms with Crippen molar-refractivity contribution in [2.75, 3.05) is 0 Å². The monoisotopic (exact) mass is 399 g/mol. The molecule has 5 nitrogen and oxygen atoms in total. The van der Waals surface area contributed by atoms with Crippen molar-refractivity contribution in [1.29, 1.82) is 0 Å². The summed E-state index contributed by atoms with van der Waals surface area (Å²) in [6, 6.07) is 26.8. The van der Waals surface area contributed by atoms with Crippen molar-refractivity contribution in [2.24, 2.45) is 0 Å². The number of carboxylic acid groups (broad SMARTS) is 1. The predicted molar refractivity (Wildman–Crippen MR) is 115 cm³/mol. The summed E-state index contributed by atoms with van der Waals surface area (Å²) in [6.45, 7) is 0.717. The van der Waals surface area contributed by atoms with Gasteiger partial charge in [0.1, 0.15) is 24.7 Å². The summed E-state index contributed by atoms with van der Waals surface area (Å²) in [4.78, 5) is 15.5. The number of rotatable bonds is 8. The number of carboxylic acids is 1. The molecule has 0 saturated heterocycles. The molecule has 0 saturated carbocycles. The van der Waals surface area contributed by atoms with E-state index in [0.717, 1.165) is 27.7 Å². The van der Waals surface area contributed by atoms with Crippen molar-refractivity contribution < 1.29 is 19.4 Å². The highest BCUT2D eigenvalue weighted by molar-refractivity contribution is 5.78. The maximum atomic E-state index is 10.9. The molecule has 30 heavy (non-hydrogen) atoms. The van der Waals surface area contributed by atoms with E-state index in [0.29, 0.717) is 24.7 Å². The fourth-order valence-corrected chi connectivity index (χ4v) is 3.17. The van der Waals surface area contributed by atoms with Crippen molar-refractivity contribution in [3.05, 3.63) is 102 Å². The minimum Gasteiger partial charge on any atom is -0.489 e. The first-order chi connectivity index (χ1) is 14.7. The van der Waals surface area contributed by atoms with E-state index in [9.17, 15) is 4.79 Å². The fraction of sp³-hybridized carbons (Fsp3) is 0.120. The second kappa shape index (κ2) is 9.09. The Labute approximate surface area is 174 Å². The highest BCUT2D eigenvalue weighted by Crippen LogP contribution is 2.22. The second-order valence-electron chi connectivity index (χ2n) is 6.94. The standard InChI is InChI=1S/C25H21NO4/c27-25(28)14-18-5-3-6-19(13-18)16-29-22-8-4-9-23(15-22)30-17-21-12-11-20-7-1-2-10-24(20)26-21/h1-13,15H,14,16-17H2,(H,27,28). The van der Waals surface area contributed by atoms with Crippen LogP contribution >= 0.6 is 0 Å². The Bertz CT molecular complexity index is 1170. The molecule has 1 aromatic heterocycles. The van der Waals surface area contributed by atoms with Gasteiger partial charge in [0, 0.05) is 11.5 Å². The van der Waals surface area contributed by atoms with Crippen LogP contribution in [0.25, 0.3) is 10.9 Å². The van der Waals surface area contributed by atoms with E-state index in [1.54, 1.807) is 6.07 Å². The van der Waals surface area contributed by atoms with Gasteiger partial charge in [0.15, 0.2) is 0 Å². The van der Waals surface area contributed by atoms with Gasteiger partial charge >= 0.3 is 5.97 Å². The first kappa shape index (κ1) is 19.5. The SMILES string of the molecule is O=C(O)Cc1cccc(COc2cccc(OCc3ccc4ccccc4n3)c2)c1. The average molecular weight is 399 g/mol. The Morgan fingerprint density at radius 2 is 1.50 bits per heavy atom. The molecule has 0 radical (unpaired) electrons.